The highest BCUT2D eigenvalue weighted by Gasteiger charge is 2.07. The van der Waals surface area contributed by atoms with Crippen LogP contribution in [-0.2, 0) is 16.1 Å². The lowest BCUT2D eigenvalue weighted by Gasteiger charge is -2.11. The molecule has 2 aromatic rings. The van der Waals surface area contributed by atoms with Gasteiger partial charge in [-0.1, -0.05) is 24.3 Å². The van der Waals surface area contributed by atoms with Crippen LogP contribution < -0.4 is 14.6 Å². The molecule has 0 aliphatic rings. The van der Waals surface area contributed by atoms with Gasteiger partial charge >= 0.3 is 5.97 Å². The van der Waals surface area contributed by atoms with Crippen molar-refractivity contribution in [1.29, 1.82) is 0 Å². The van der Waals surface area contributed by atoms with E-state index in [9.17, 15) is 19.5 Å². The molecular formula is C21H21O7-. The van der Waals surface area contributed by atoms with Gasteiger partial charge in [0.15, 0.2) is 6.29 Å². The van der Waals surface area contributed by atoms with Crippen LogP contribution in [0.5, 0.6) is 11.5 Å². The van der Waals surface area contributed by atoms with Crippen LogP contribution in [0.4, 0.5) is 0 Å². The Morgan fingerprint density at radius 1 is 1.07 bits per heavy atom. The summed E-state index contributed by atoms with van der Waals surface area (Å²) in [6, 6.07) is 11.0. The van der Waals surface area contributed by atoms with E-state index in [0.29, 0.717) is 36.4 Å². The third-order valence-corrected chi connectivity index (χ3v) is 3.79. The Bertz CT molecular complexity index is 812. The first-order chi connectivity index (χ1) is 13.5. The van der Waals surface area contributed by atoms with Gasteiger partial charge in [-0.25, -0.2) is 0 Å². The normalized spacial score (nSPS) is 10.2. The fourth-order valence-corrected chi connectivity index (χ4v) is 2.38. The summed E-state index contributed by atoms with van der Waals surface area (Å²) in [5, 5.41) is 10.7. The lowest BCUT2D eigenvalue weighted by molar-refractivity contribution is -0.255. The van der Waals surface area contributed by atoms with E-state index in [0.717, 1.165) is 5.56 Å². The van der Waals surface area contributed by atoms with Crippen molar-refractivity contribution in [1.82, 2.24) is 0 Å². The molecule has 0 fully saturated rings. The van der Waals surface area contributed by atoms with Crippen molar-refractivity contribution >= 4 is 18.2 Å². The highest BCUT2D eigenvalue weighted by atomic mass is 16.5. The van der Waals surface area contributed by atoms with E-state index in [1.807, 2.05) is 0 Å². The molecule has 0 aliphatic carbocycles. The Labute approximate surface area is 162 Å². The maximum atomic E-state index is 11.3. The van der Waals surface area contributed by atoms with Crippen molar-refractivity contribution in [2.75, 3.05) is 13.2 Å². The Balaban J connectivity index is 1.88. The molecule has 0 amide bonds. The van der Waals surface area contributed by atoms with Gasteiger partial charge in [0.1, 0.15) is 18.1 Å². The predicted molar refractivity (Wildman–Crippen MR) is 98.3 cm³/mol. The number of aldehydes is 1. The van der Waals surface area contributed by atoms with Crippen molar-refractivity contribution < 1.29 is 33.7 Å². The van der Waals surface area contributed by atoms with E-state index in [2.05, 4.69) is 0 Å². The maximum absolute atomic E-state index is 11.3. The van der Waals surface area contributed by atoms with Gasteiger partial charge < -0.3 is 24.1 Å². The van der Waals surface area contributed by atoms with Crippen LogP contribution in [0.2, 0.25) is 0 Å². The van der Waals surface area contributed by atoms with E-state index in [-0.39, 0.29) is 31.2 Å². The SMILES string of the molecule is CCOC(=O)CCCOc1ccc(OCc2ccc(C(=O)[O-])cc2)cc1C=O. The van der Waals surface area contributed by atoms with E-state index < -0.39 is 5.97 Å². The minimum absolute atomic E-state index is 0.0939. The van der Waals surface area contributed by atoms with Gasteiger partial charge in [0.2, 0.25) is 0 Å². The van der Waals surface area contributed by atoms with Gasteiger partial charge in [-0.2, -0.15) is 0 Å². The number of aromatic carboxylic acids is 1. The number of carbonyl (C=O) groups is 3. The van der Waals surface area contributed by atoms with Gasteiger partial charge in [-0.3, -0.25) is 9.59 Å². The Hall–Kier alpha value is -3.35. The van der Waals surface area contributed by atoms with Crippen LogP contribution in [0.15, 0.2) is 42.5 Å². The molecule has 0 bridgehead atoms. The molecule has 148 valence electrons. The molecular weight excluding hydrogens is 364 g/mol. The summed E-state index contributed by atoms with van der Waals surface area (Å²) in [4.78, 5) is 33.3. The monoisotopic (exact) mass is 385 g/mol. The second-order valence-electron chi connectivity index (χ2n) is 5.85. The number of hydrogen-bond donors (Lipinski definition) is 0. The second kappa shape index (κ2) is 10.7. The molecule has 7 heteroatoms. The van der Waals surface area contributed by atoms with Crippen LogP contribution in [0, 0.1) is 0 Å². The lowest BCUT2D eigenvalue weighted by Crippen LogP contribution is -2.22. The van der Waals surface area contributed by atoms with Gasteiger partial charge in [-0.05, 0) is 42.7 Å². The fourth-order valence-electron chi connectivity index (χ4n) is 2.38. The summed E-state index contributed by atoms with van der Waals surface area (Å²) < 4.78 is 16.0. The molecule has 2 aromatic carbocycles. The Morgan fingerprint density at radius 2 is 1.82 bits per heavy atom. The summed E-state index contributed by atoms with van der Waals surface area (Å²) in [7, 11) is 0. The Kier molecular flexibility index (Phi) is 8.02. The molecule has 0 heterocycles. The number of benzene rings is 2. The third kappa shape index (κ3) is 6.42. The van der Waals surface area contributed by atoms with Crippen molar-refractivity contribution in [3.63, 3.8) is 0 Å². The first-order valence-electron chi connectivity index (χ1n) is 8.84. The molecule has 2 rings (SSSR count). The average molecular weight is 385 g/mol. The molecule has 7 nitrogen and oxygen atoms in total. The number of hydrogen-bond acceptors (Lipinski definition) is 7. The molecule has 0 atom stereocenters. The largest absolute Gasteiger partial charge is 0.545 e. The number of esters is 1. The number of rotatable bonds is 11. The molecule has 0 aliphatic heterocycles. The van der Waals surface area contributed by atoms with E-state index in [4.69, 9.17) is 14.2 Å². The van der Waals surface area contributed by atoms with Crippen LogP contribution in [0.25, 0.3) is 0 Å². The molecule has 28 heavy (non-hydrogen) atoms. The summed E-state index contributed by atoms with van der Waals surface area (Å²) in [5.41, 5.74) is 1.20. The summed E-state index contributed by atoms with van der Waals surface area (Å²) in [6.45, 7) is 2.59. The summed E-state index contributed by atoms with van der Waals surface area (Å²) >= 11 is 0. The van der Waals surface area contributed by atoms with Crippen LogP contribution in [-0.4, -0.2) is 31.4 Å². The quantitative estimate of drug-likeness (QED) is 0.332. The van der Waals surface area contributed by atoms with Crippen LogP contribution in [0.1, 0.15) is 46.0 Å². The van der Waals surface area contributed by atoms with Crippen molar-refractivity contribution in [2.45, 2.75) is 26.4 Å². The van der Waals surface area contributed by atoms with Gasteiger partial charge in [0, 0.05) is 6.42 Å². The zero-order chi connectivity index (χ0) is 20.4. The maximum Gasteiger partial charge on any atom is 0.305 e. The third-order valence-electron chi connectivity index (χ3n) is 3.79. The topological polar surface area (TPSA) is 102 Å². The van der Waals surface area contributed by atoms with Crippen molar-refractivity contribution in [3.05, 3.63) is 59.2 Å². The molecule has 0 spiro atoms. The highest BCUT2D eigenvalue weighted by molar-refractivity contribution is 5.85. The van der Waals surface area contributed by atoms with Gasteiger partial charge in [0.25, 0.3) is 0 Å². The lowest BCUT2D eigenvalue weighted by atomic mass is 10.1. The molecule has 0 radical (unpaired) electrons. The molecule has 0 aromatic heterocycles. The van der Waals surface area contributed by atoms with E-state index >= 15 is 0 Å². The van der Waals surface area contributed by atoms with Gasteiger partial charge in [-0.15, -0.1) is 0 Å². The van der Waals surface area contributed by atoms with Crippen LogP contribution in [0.3, 0.4) is 0 Å². The van der Waals surface area contributed by atoms with Crippen molar-refractivity contribution in [3.8, 4) is 11.5 Å². The minimum Gasteiger partial charge on any atom is -0.545 e. The first-order valence-corrected chi connectivity index (χ1v) is 8.84. The van der Waals surface area contributed by atoms with Crippen molar-refractivity contribution in [2.24, 2.45) is 0 Å². The standard InChI is InChI=1S/C21H22O7/c1-2-26-20(23)4-3-11-27-19-10-9-18(12-17(19)13-22)28-14-15-5-7-16(8-6-15)21(24)25/h5-10,12-13H,2-4,11,14H2,1H3,(H,24,25)/p-1. The zero-order valence-corrected chi connectivity index (χ0v) is 15.5. The zero-order valence-electron chi connectivity index (χ0n) is 15.5. The highest BCUT2D eigenvalue weighted by Crippen LogP contribution is 2.24. The van der Waals surface area contributed by atoms with E-state index in [1.165, 1.54) is 12.1 Å². The van der Waals surface area contributed by atoms with Crippen LogP contribution >= 0.6 is 0 Å². The summed E-state index contributed by atoms with van der Waals surface area (Å²) in [6.07, 6.45) is 1.40. The smallest absolute Gasteiger partial charge is 0.305 e. The molecule has 0 saturated heterocycles. The predicted octanol–water partition coefficient (Wildman–Crippen LogP) is 2.16. The minimum atomic E-state index is -1.24. The average Bonchev–Trinajstić information content (AvgIpc) is 2.70. The number of carbonyl (C=O) groups excluding carboxylic acids is 3. The van der Waals surface area contributed by atoms with Gasteiger partial charge in [0.05, 0.1) is 24.7 Å². The Morgan fingerprint density at radius 3 is 2.46 bits per heavy atom. The van der Waals surface area contributed by atoms with E-state index in [1.54, 1.807) is 37.3 Å². The second-order valence-corrected chi connectivity index (χ2v) is 5.85. The number of ether oxygens (including phenoxy) is 3. The molecule has 0 N–H and O–H groups in total. The fraction of sp³-hybridized carbons (Fsp3) is 0.286. The number of carboxylic acid groups (broad SMARTS) is 1. The first kappa shape index (κ1) is 21.0. The molecule has 0 unspecified atom stereocenters. The summed E-state index contributed by atoms with van der Waals surface area (Å²) in [5.74, 6) is -0.631. The molecule has 0 saturated carbocycles. The number of carboxylic acids is 1.